The lowest BCUT2D eigenvalue weighted by molar-refractivity contribution is -0.384. The number of rotatable bonds is 12. The van der Waals surface area contributed by atoms with Crippen LogP contribution < -0.4 is 24.6 Å². The summed E-state index contributed by atoms with van der Waals surface area (Å²) >= 11 is 0. The number of carbonyl (C=O) groups excluding carboxylic acids is 1. The molecule has 2 saturated carbocycles. The fourth-order valence-corrected chi connectivity index (χ4v) is 13.8. The highest BCUT2D eigenvalue weighted by atomic mass is 32.2. The number of piperidine rings is 1. The Labute approximate surface area is 427 Å². The molecule has 0 radical (unpaired) electrons. The third kappa shape index (κ3) is 9.76. The van der Waals surface area contributed by atoms with Crippen molar-refractivity contribution < 1.29 is 32.7 Å². The number of piperazine rings is 1. The first kappa shape index (κ1) is 49.4. The molecule has 388 valence electrons. The predicted octanol–water partition coefficient (Wildman–Crippen LogP) is 8.49. The first-order valence-corrected chi connectivity index (χ1v) is 27.8. The lowest BCUT2D eigenvalue weighted by Crippen LogP contribution is -2.59. The molecule has 18 heteroatoms. The zero-order chi connectivity index (χ0) is 50.8. The molecular weight excluding hydrogens is 947 g/mol. The summed E-state index contributed by atoms with van der Waals surface area (Å²) in [7, 11) is -2.38. The second-order valence-electron chi connectivity index (χ2n) is 22.4. The number of hydrogen-bond acceptors (Lipinski definition) is 14. The van der Waals surface area contributed by atoms with Crippen molar-refractivity contribution in [1.82, 2.24) is 24.5 Å². The van der Waals surface area contributed by atoms with E-state index >= 15 is 0 Å². The number of nitrogens with zero attached hydrogens (tertiary/aromatic N) is 6. The number of amides is 1. The number of aromatic amines is 1. The Hall–Kier alpha value is -5.79. The van der Waals surface area contributed by atoms with Crippen LogP contribution in [0.25, 0.3) is 11.0 Å². The van der Waals surface area contributed by atoms with E-state index in [4.69, 9.17) is 14.5 Å². The molecule has 6 aliphatic rings. The number of carbonyl (C=O) groups is 1. The monoisotopic (exact) mass is 1020 g/mol. The number of benzene rings is 3. The number of sulfonamides is 1. The molecule has 1 amide bonds. The van der Waals surface area contributed by atoms with Gasteiger partial charge in [-0.2, -0.15) is 4.98 Å². The maximum atomic E-state index is 14.7. The minimum absolute atomic E-state index is 0.120. The normalized spacial score (nSPS) is 25.7. The zero-order valence-electron chi connectivity index (χ0n) is 42.4. The first-order chi connectivity index (χ1) is 35.0. The van der Waals surface area contributed by atoms with E-state index in [-0.39, 0.29) is 28.6 Å². The molecule has 1 spiro atoms. The summed E-state index contributed by atoms with van der Waals surface area (Å²) in [5, 5.41) is 26.8. The van der Waals surface area contributed by atoms with E-state index in [1.807, 2.05) is 37.4 Å². The predicted molar refractivity (Wildman–Crippen MR) is 282 cm³/mol. The van der Waals surface area contributed by atoms with Crippen molar-refractivity contribution in [2.75, 3.05) is 74.6 Å². The van der Waals surface area contributed by atoms with Crippen molar-refractivity contribution in [1.29, 1.82) is 0 Å². The van der Waals surface area contributed by atoms with Crippen molar-refractivity contribution in [3.8, 4) is 5.88 Å². The Balaban J connectivity index is 0.864. The van der Waals surface area contributed by atoms with E-state index in [1.165, 1.54) is 36.1 Å². The number of nitro groups is 1. The fraction of sp³-hybridized carbons (Fsp3) is 0.527. The molecule has 6 heterocycles. The van der Waals surface area contributed by atoms with Crippen LogP contribution in [0.15, 0.2) is 83.9 Å². The van der Waals surface area contributed by atoms with Crippen molar-refractivity contribution in [3.05, 3.63) is 106 Å². The largest absolute Gasteiger partial charge is 0.468 e. The van der Waals surface area contributed by atoms with Crippen LogP contribution in [0, 0.1) is 21.4 Å². The Morgan fingerprint density at radius 1 is 0.973 bits per heavy atom. The minimum Gasteiger partial charge on any atom is -0.468 e. The fourth-order valence-electron chi connectivity index (χ4n) is 12.8. The summed E-state index contributed by atoms with van der Waals surface area (Å²) in [6.07, 6.45) is 9.20. The van der Waals surface area contributed by atoms with Crippen LogP contribution in [0.1, 0.15) is 112 Å². The van der Waals surface area contributed by atoms with Gasteiger partial charge in [0, 0.05) is 81.3 Å². The number of aromatic nitrogens is 2. The molecular formula is C55H69N9O8S. The second-order valence-corrected chi connectivity index (χ2v) is 24.1. The van der Waals surface area contributed by atoms with Crippen LogP contribution in [0.4, 0.5) is 28.4 Å². The van der Waals surface area contributed by atoms with E-state index in [0.29, 0.717) is 79.9 Å². The number of anilines is 4. The van der Waals surface area contributed by atoms with Crippen LogP contribution in [-0.4, -0.2) is 127 Å². The van der Waals surface area contributed by atoms with Crippen LogP contribution in [0.2, 0.25) is 0 Å². The summed E-state index contributed by atoms with van der Waals surface area (Å²) in [5.41, 5.74) is 5.06. The Morgan fingerprint density at radius 3 is 2.52 bits per heavy atom. The standard InChI is InChI=1S/C55H69N9O8S/c1-35(2)41-7-5-6-8-42(41)49-33-60(4)24-25-62(49)39-30-55(31-39)19-22-61(23-20-55)38-9-11-43(46(28-38)63-45-16-26-71-34-50(45)72-53-48(63)27-37-15-21-56-51(37)58-53)52(65)59-73(69,70)40-10-12-44(47(29-40)64(67)68)57-32-36-13-17-54(3,66)18-14-36/h5-12,15,21,27-29,35-36,39,45,49-50,57,66H,13-14,16-20,22-26,30-34H2,1-4H3,(H,56,58)(H,59,65)/t36?,45-,49-,50-,54?/m0/s1. The third-order valence-corrected chi connectivity index (χ3v) is 18.5. The van der Waals surface area contributed by atoms with E-state index < -0.39 is 43.1 Å². The summed E-state index contributed by atoms with van der Waals surface area (Å²) in [6, 6.07) is 22.8. The van der Waals surface area contributed by atoms with Gasteiger partial charge in [-0.1, -0.05) is 38.1 Å². The van der Waals surface area contributed by atoms with Crippen LogP contribution in [0.5, 0.6) is 5.88 Å². The SMILES string of the molecule is CC(C)c1ccccc1[C@@H]1CN(C)CCN1C1CC2(CCN(c3ccc(C(=O)NS(=O)(=O)c4ccc(NCC5CCC(C)(O)CC5)c([N+](=O)[O-])c4)c(N4c5cc6cc[nH]c6nc5O[C@H]5COCC[C@@H]54)c3)CC2)C1. The number of likely N-dealkylation sites (N-methyl/N-ethyl adjacent to an activating group) is 1. The van der Waals surface area contributed by atoms with E-state index in [0.717, 1.165) is 75.5 Å². The minimum atomic E-state index is -4.62. The van der Waals surface area contributed by atoms with Gasteiger partial charge in [-0.25, -0.2) is 13.1 Å². The Kier molecular flexibility index (Phi) is 13.2. The van der Waals surface area contributed by atoms with Gasteiger partial charge in [0.05, 0.1) is 39.3 Å². The van der Waals surface area contributed by atoms with Crippen molar-refractivity contribution in [2.45, 2.75) is 119 Å². The number of fused-ring (bicyclic) bond motifs is 3. The molecule has 3 aromatic carbocycles. The summed E-state index contributed by atoms with van der Waals surface area (Å²) in [6.45, 7) is 12.4. The zero-order valence-corrected chi connectivity index (χ0v) is 43.2. The quantitative estimate of drug-likeness (QED) is 0.0685. The molecule has 2 aromatic heterocycles. The molecule has 2 aliphatic carbocycles. The van der Waals surface area contributed by atoms with Gasteiger partial charge in [0.1, 0.15) is 23.1 Å². The number of aliphatic hydroxyl groups is 1. The van der Waals surface area contributed by atoms with Gasteiger partial charge in [0.15, 0.2) is 0 Å². The molecule has 4 aliphatic heterocycles. The third-order valence-electron chi connectivity index (χ3n) is 17.2. The first-order valence-electron chi connectivity index (χ1n) is 26.3. The number of nitro benzene ring substituents is 1. The van der Waals surface area contributed by atoms with Crippen LogP contribution >= 0.6 is 0 Å². The van der Waals surface area contributed by atoms with E-state index in [1.54, 1.807) is 6.07 Å². The molecule has 11 rings (SSSR count). The molecule has 0 bridgehead atoms. The van der Waals surface area contributed by atoms with Gasteiger partial charge < -0.3 is 39.6 Å². The Morgan fingerprint density at radius 2 is 1.75 bits per heavy atom. The van der Waals surface area contributed by atoms with E-state index in [9.17, 15) is 28.4 Å². The molecule has 5 fully saturated rings. The molecule has 3 atom stereocenters. The number of H-pyrrole nitrogens is 1. The number of pyridine rings is 1. The molecule has 5 aromatic rings. The second kappa shape index (κ2) is 19.5. The van der Waals surface area contributed by atoms with Gasteiger partial charge in [-0.05, 0) is 143 Å². The lowest BCUT2D eigenvalue weighted by atomic mass is 9.59. The van der Waals surface area contributed by atoms with E-state index in [2.05, 4.69) is 79.8 Å². The van der Waals surface area contributed by atoms with Crippen LogP contribution in [0.3, 0.4) is 0 Å². The smallest absolute Gasteiger partial charge is 0.293 e. The topological polar surface area (TPSA) is 199 Å². The summed E-state index contributed by atoms with van der Waals surface area (Å²) in [5.74, 6) is 0.155. The highest BCUT2D eigenvalue weighted by Gasteiger charge is 2.50. The van der Waals surface area contributed by atoms with Crippen molar-refractivity contribution >= 4 is 55.4 Å². The molecule has 17 nitrogen and oxygen atoms in total. The Bertz CT molecular complexity index is 2990. The average molecular weight is 1020 g/mol. The van der Waals surface area contributed by atoms with Gasteiger partial charge in [-0.3, -0.25) is 19.8 Å². The molecule has 73 heavy (non-hydrogen) atoms. The summed E-state index contributed by atoms with van der Waals surface area (Å²) < 4.78 is 43.1. The van der Waals surface area contributed by atoms with Gasteiger partial charge in [0.25, 0.3) is 21.6 Å². The van der Waals surface area contributed by atoms with Crippen molar-refractivity contribution in [2.24, 2.45) is 11.3 Å². The number of hydrogen-bond donors (Lipinski definition) is 4. The average Bonchev–Trinajstić information content (AvgIpc) is 3.83. The highest BCUT2D eigenvalue weighted by Crippen LogP contribution is 2.54. The molecule has 3 saturated heterocycles. The van der Waals surface area contributed by atoms with Gasteiger partial charge in [0.2, 0.25) is 5.88 Å². The van der Waals surface area contributed by atoms with Crippen LogP contribution in [-0.2, 0) is 14.8 Å². The van der Waals surface area contributed by atoms with Gasteiger partial charge in [-0.15, -0.1) is 0 Å². The summed E-state index contributed by atoms with van der Waals surface area (Å²) in [4.78, 5) is 43.9. The molecule has 4 N–H and O–H groups in total. The lowest BCUT2D eigenvalue weighted by Gasteiger charge is -2.58. The van der Waals surface area contributed by atoms with Crippen molar-refractivity contribution in [3.63, 3.8) is 0 Å². The van der Waals surface area contributed by atoms with Gasteiger partial charge >= 0.3 is 0 Å². The maximum absolute atomic E-state index is 14.7. The molecule has 0 unspecified atom stereocenters. The maximum Gasteiger partial charge on any atom is 0.293 e. The number of nitrogens with one attached hydrogen (secondary N) is 3. The highest BCUT2D eigenvalue weighted by molar-refractivity contribution is 7.90. The number of ether oxygens (including phenoxy) is 2.